The Hall–Kier alpha value is -0.390. The second-order valence-electron chi connectivity index (χ2n) is 18.2. The Morgan fingerprint density at radius 3 is 1.31 bits per heavy atom. The molecule has 0 spiro atoms. The number of esters is 2. The third kappa shape index (κ3) is 29.8. The minimum Gasteiger partial charge on any atom is -0.481 e. The van der Waals surface area contributed by atoms with Gasteiger partial charge in [-0.05, 0) is 90.9 Å². The van der Waals surface area contributed by atoms with Crippen molar-refractivity contribution in [1.29, 1.82) is 0 Å². The number of carboxylic acids is 1. The summed E-state index contributed by atoms with van der Waals surface area (Å²) in [6.07, 6.45) is 18.5. The van der Waals surface area contributed by atoms with Crippen molar-refractivity contribution in [1.82, 2.24) is 10.6 Å². The SMILES string of the molecule is CC(C)(C)OC(=O)CC1(CNCCS)CCCCC1.COC1(CC(=O)OC(C)(C)C)CCCCC1.NCCSSCCN.O=C(O)CC1(CNCCS)CCCCC1. The molecule has 0 bridgehead atoms. The van der Waals surface area contributed by atoms with Gasteiger partial charge >= 0.3 is 17.9 Å². The van der Waals surface area contributed by atoms with Crippen molar-refractivity contribution in [3.05, 3.63) is 0 Å². The van der Waals surface area contributed by atoms with Gasteiger partial charge in [0.1, 0.15) is 11.2 Å². The predicted octanol–water partition coefficient (Wildman–Crippen LogP) is 8.47. The molecular formula is C43H86N4O7S4. The fraction of sp³-hybridized carbons (Fsp3) is 0.930. The number of nitrogens with two attached hydrogens (primary N) is 2. The van der Waals surface area contributed by atoms with Crippen molar-refractivity contribution < 1.29 is 33.7 Å². The largest absolute Gasteiger partial charge is 0.481 e. The number of nitrogens with one attached hydrogen (secondary N) is 2. The molecule has 0 aliphatic heterocycles. The first-order chi connectivity index (χ1) is 27.3. The molecule has 11 nitrogen and oxygen atoms in total. The molecule has 0 aromatic rings. The van der Waals surface area contributed by atoms with Gasteiger partial charge in [-0.25, -0.2) is 0 Å². The summed E-state index contributed by atoms with van der Waals surface area (Å²) < 4.78 is 16.4. The van der Waals surface area contributed by atoms with Gasteiger partial charge in [-0.2, -0.15) is 25.3 Å². The van der Waals surface area contributed by atoms with Crippen molar-refractivity contribution >= 4 is 64.8 Å². The Balaban J connectivity index is 0.000000773. The molecule has 3 aliphatic carbocycles. The Morgan fingerprint density at radius 2 is 0.983 bits per heavy atom. The molecule has 15 heteroatoms. The predicted molar refractivity (Wildman–Crippen MR) is 254 cm³/mol. The molecule has 58 heavy (non-hydrogen) atoms. The van der Waals surface area contributed by atoms with Crippen molar-refractivity contribution in [2.24, 2.45) is 22.3 Å². The minimum atomic E-state index is -0.662. The number of carboxylic acid groups (broad SMARTS) is 1. The van der Waals surface area contributed by atoms with Gasteiger partial charge < -0.3 is 41.4 Å². The number of carbonyl (C=O) groups is 3. The van der Waals surface area contributed by atoms with E-state index in [9.17, 15) is 14.4 Å². The highest BCUT2D eigenvalue weighted by molar-refractivity contribution is 8.76. The Labute approximate surface area is 372 Å². The van der Waals surface area contributed by atoms with Gasteiger partial charge in [-0.1, -0.05) is 79.4 Å². The Kier molecular flexibility index (Phi) is 32.1. The van der Waals surface area contributed by atoms with Gasteiger partial charge in [0.05, 0.1) is 24.9 Å². The molecule has 0 amide bonds. The first-order valence-corrected chi connectivity index (χ1v) is 25.6. The smallest absolute Gasteiger partial charge is 0.309 e. The normalized spacial score (nSPS) is 18.5. The number of ether oxygens (including phenoxy) is 3. The van der Waals surface area contributed by atoms with Crippen molar-refractivity contribution in [2.45, 2.75) is 174 Å². The lowest BCUT2D eigenvalue weighted by atomic mass is 9.71. The summed E-state index contributed by atoms with van der Waals surface area (Å²) in [5.41, 5.74) is 9.55. The molecule has 0 unspecified atom stereocenters. The molecule has 3 fully saturated rings. The monoisotopic (exact) mass is 899 g/mol. The van der Waals surface area contributed by atoms with Gasteiger partial charge in [0.2, 0.25) is 0 Å². The van der Waals surface area contributed by atoms with Crippen LogP contribution < -0.4 is 22.1 Å². The van der Waals surface area contributed by atoms with E-state index >= 15 is 0 Å². The van der Waals surface area contributed by atoms with Gasteiger partial charge in [0.15, 0.2) is 0 Å². The lowest BCUT2D eigenvalue weighted by Gasteiger charge is -2.37. The summed E-state index contributed by atoms with van der Waals surface area (Å²) in [6.45, 7) is 16.5. The van der Waals surface area contributed by atoms with Crippen molar-refractivity contribution in [3.63, 3.8) is 0 Å². The third-order valence-electron chi connectivity index (χ3n) is 10.4. The molecule has 0 aromatic heterocycles. The summed E-state index contributed by atoms with van der Waals surface area (Å²) in [4.78, 5) is 34.8. The number of hydrogen-bond donors (Lipinski definition) is 7. The number of methoxy groups -OCH3 is 1. The molecule has 3 aliphatic rings. The first kappa shape index (κ1) is 57.6. The van der Waals surface area contributed by atoms with Gasteiger partial charge in [-0.3, -0.25) is 14.4 Å². The van der Waals surface area contributed by atoms with E-state index in [1.54, 1.807) is 28.7 Å². The zero-order valence-electron chi connectivity index (χ0n) is 37.6. The number of thiol groups is 2. The summed E-state index contributed by atoms with van der Waals surface area (Å²) in [5.74, 6) is 2.85. The van der Waals surface area contributed by atoms with Crippen LogP contribution in [0, 0.1) is 10.8 Å². The highest BCUT2D eigenvalue weighted by atomic mass is 33.1. The maximum absolute atomic E-state index is 12.1. The molecule has 0 aromatic carbocycles. The zero-order chi connectivity index (χ0) is 44.0. The fourth-order valence-electron chi connectivity index (χ4n) is 7.81. The molecule has 344 valence electrons. The van der Waals surface area contributed by atoms with Crippen LogP contribution in [0.3, 0.4) is 0 Å². The summed E-state index contributed by atoms with van der Waals surface area (Å²) in [5, 5.41) is 15.7. The van der Waals surface area contributed by atoms with Crippen LogP contribution in [0.1, 0.15) is 157 Å². The molecule has 0 heterocycles. The number of hydrogen-bond acceptors (Lipinski definition) is 14. The first-order valence-electron chi connectivity index (χ1n) is 21.8. The summed E-state index contributed by atoms with van der Waals surface area (Å²) in [6, 6.07) is 0. The average molecular weight is 899 g/mol. The van der Waals surface area contributed by atoms with E-state index in [0.717, 1.165) is 114 Å². The minimum absolute atomic E-state index is 0.00698. The number of aliphatic carboxylic acids is 1. The summed E-state index contributed by atoms with van der Waals surface area (Å²) >= 11 is 8.35. The van der Waals surface area contributed by atoms with Crippen LogP contribution in [0.2, 0.25) is 0 Å². The number of carbonyl (C=O) groups excluding carboxylic acids is 2. The molecule has 7 N–H and O–H groups in total. The lowest BCUT2D eigenvalue weighted by Crippen LogP contribution is -2.40. The highest BCUT2D eigenvalue weighted by Crippen LogP contribution is 2.40. The van der Waals surface area contributed by atoms with E-state index < -0.39 is 11.6 Å². The Morgan fingerprint density at radius 1 is 0.621 bits per heavy atom. The highest BCUT2D eigenvalue weighted by Gasteiger charge is 2.37. The van der Waals surface area contributed by atoms with Crippen LogP contribution in [-0.4, -0.2) is 109 Å². The maximum atomic E-state index is 12.1. The van der Waals surface area contributed by atoms with Crippen LogP contribution in [0.5, 0.6) is 0 Å². The van der Waals surface area contributed by atoms with E-state index in [1.807, 2.05) is 41.5 Å². The standard InChI is InChI=1S/C15H29NO2S.C13H24O3.C11H21NO2S.C4H12N2S2/c1-14(2,3)18-13(17)11-15(12-16-9-10-19)7-5-4-6-8-15;1-12(2,3)16-11(14)10-13(15-4)8-6-5-7-9-13;13-10(14)8-11(9-12-6-7-15)4-2-1-3-5-11;5-1-3-7-8-4-2-6/h16,19H,4-12H2,1-3H3;5-10H2,1-4H3;12,15H,1-9H2,(H,13,14);1-6H2. The van der Waals surface area contributed by atoms with Crippen molar-refractivity contribution in [3.8, 4) is 0 Å². The van der Waals surface area contributed by atoms with Gasteiger partial charge in [-0.15, -0.1) is 0 Å². The Bertz CT molecular complexity index is 1070. The zero-order valence-corrected chi connectivity index (χ0v) is 41.0. The molecule has 3 saturated carbocycles. The quantitative estimate of drug-likeness (QED) is 0.0269. The fourth-order valence-corrected chi connectivity index (χ4v) is 9.84. The van der Waals surface area contributed by atoms with Crippen LogP contribution >= 0.6 is 46.8 Å². The van der Waals surface area contributed by atoms with Gasteiger partial charge in [0, 0.05) is 69.4 Å². The third-order valence-corrected chi connectivity index (χ3v) is 13.4. The molecule has 0 radical (unpaired) electrons. The topological polar surface area (TPSA) is 175 Å². The van der Waals surface area contributed by atoms with Crippen LogP contribution in [0.15, 0.2) is 0 Å². The van der Waals surface area contributed by atoms with Gasteiger partial charge in [0.25, 0.3) is 0 Å². The lowest BCUT2D eigenvalue weighted by molar-refractivity contribution is -0.163. The van der Waals surface area contributed by atoms with E-state index in [0.29, 0.717) is 19.3 Å². The van der Waals surface area contributed by atoms with E-state index in [2.05, 4.69) is 35.9 Å². The van der Waals surface area contributed by atoms with Crippen molar-refractivity contribution in [2.75, 3.05) is 69.4 Å². The molecule has 0 saturated heterocycles. The molecule has 3 rings (SSSR count). The summed E-state index contributed by atoms with van der Waals surface area (Å²) in [7, 11) is 5.28. The second kappa shape index (κ2) is 32.3. The van der Waals surface area contributed by atoms with Crippen LogP contribution in [0.25, 0.3) is 0 Å². The number of rotatable bonds is 20. The molecular weight excluding hydrogens is 813 g/mol. The second-order valence-corrected chi connectivity index (χ2v) is 21.8. The maximum Gasteiger partial charge on any atom is 0.309 e. The van der Waals surface area contributed by atoms with E-state index in [4.69, 9.17) is 30.8 Å². The van der Waals surface area contributed by atoms with E-state index in [1.165, 1.54) is 44.9 Å². The molecule has 0 atom stereocenters. The van der Waals surface area contributed by atoms with Crippen LogP contribution in [-0.2, 0) is 28.6 Å². The van der Waals surface area contributed by atoms with Crippen LogP contribution in [0.4, 0.5) is 0 Å². The average Bonchev–Trinajstić information content (AvgIpc) is 3.14. The van der Waals surface area contributed by atoms with E-state index in [-0.39, 0.29) is 34.0 Å².